The van der Waals surface area contributed by atoms with Crippen molar-refractivity contribution in [1.29, 1.82) is 0 Å². The van der Waals surface area contributed by atoms with Crippen LogP contribution in [0.4, 0.5) is 29.1 Å². The number of nitrogens with one attached hydrogen (secondary N) is 1. The zero-order valence-corrected chi connectivity index (χ0v) is 8.87. The molecule has 1 aromatic heterocycles. The Labute approximate surface area is 99.5 Å². The summed E-state index contributed by atoms with van der Waals surface area (Å²) in [6.07, 6.45) is -2.05. The summed E-state index contributed by atoms with van der Waals surface area (Å²) in [4.78, 5) is 7.46. The van der Waals surface area contributed by atoms with Gasteiger partial charge in [-0.25, -0.2) is 14.4 Å². The molecule has 0 bridgehead atoms. The lowest BCUT2D eigenvalue weighted by Gasteiger charge is -2.11. The van der Waals surface area contributed by atoms with Crippen LogP contribution in [0.2, 0.25) is 0 Å². The number of nitrogens with zero attached hydrogens (tertiary/aromatic N) is 2. The highest BCUT2D eigenvalue weighted by atomic mass is 19.4. The lowest BCUT2D eigenvalue weighted by molar-refractivity contribution is -0.139. The molecule has 0 aliphatic carbocycles. The maximum absolute atomic E-state index is 13.0. The van der Waals surface area contributed by atoms with Gasteiger partial charge >= 0.3 is 6.18 Å². The lowest BCUT2D eigenvalue weighted by Crippen LogP contribution is -2.08. The summed E-state index contributed by atoms with van der Waals surface area (Å²) >= 11 is 0. The average molecular weight is 257 g/mol. The second-order valence-electron chi connectivity index (χ2n) is 3.41. The summed E-state index contributed by atoms with van der Waals surface area (Å²) in [5.74, 6) is -0.986. The maximum Gasteiger partial charge on any atom is 0.419 e. The molecule has 0 aliphatic heterocycles. The highest BCUT2D eigenvalue weighted by molar-refractivity contribution is 5.56. The summed E-state index contributed by atoms with van der Waals surface area (Å²) in [5.41, 5.74) is -1.22. The maximum atomic E-state index is 13.0. The number of anilines is 2. The molecular formula is C11H7F4N3. The third-order valence-corrected chi connectivity index (χ3v) is 2.13. The van der Waals surface area contributed by atoms with E-state index in [-0.39, 0.29) is 5.69 Å². The normalized spacial score (nSPS) is 11.3. The van der Waals surface area contributed by atoms with E-state index in [4.69, 9.17) is 0 Å². The Morgan fingerprint density at radius 2 is 1.89 bits per heavy atom. The van der Waals surface area contributed by atoms with Crippen molar-refractivity contribution in [3.8, 4) is 0 Å². The summed E-state index contributed by atoms with van der Waals surface area (Å²) in [7, 11) is 0. The van der Waals surface area contributed by atoms with E-state index < -0.39 is 17.6 Å². The van der Waals surface area contributed by atoms with Gasteiger partial charge in [-0.2, -0.15) is 13.2 Å². The van der Waals surface area contributed by atoms with Gasteiger partial charge in [0.25, 0.3) is 0 Å². The van der Waals surface area contributed by atoms with Crippen LogP contribution >= 0.6 is 0 Å². The van der Waals surface area contributed by atoms with Crippen LogP contribution in [-0.2, 0) is 6.18 Å². The first kappa shape index (κ1) is 12.3. The Balaban J connectivity index is 2.31. The topological polar surface area (TPSA) is 37.8 Å². The predicted molar refractivity (Wildman–Crippen MR) is 56.7 cm³/mol. The van der Waals surface area contributed by atoms with Crippen LogP contribution in [0.15, 0.2) is 36.8 Å². The van der Waals surface area contributed by atoms with Crippen LogP contribution in [0.1, 0.15) is 5.56 Å². The summed E-state index contributed by atoms with van der Waals surface area (Å²) in [6, 6.07) is 4.13. The molecule has 18 heavy (non-hydrogen) atoms. The van der Waals surface area contributed by atoms with Crippen LogP contribution in [0.5, 0.6) is 0 Å². The van der Waals surface area contributed by atoms with E-state index in [1.165, 1.54) is 24.7 Å². The molecule has 0 amide bonds. The molecular weight excluding hydrogens is 250 g/mol. The minimum absolute atomic E-state index is 0.0995. The Kier molecular flexibility index (Phi) is 3.14. The zero-order valence-electron chi connectivity index (χ0n) is 8.87. The highest BCUT2D eigenvalue weighted by Gasteiger charge is 2.34. The fourth-order valence-corrected chi connectivity index (χ4v) is 1.33. The molecule has 3 nitrogen and oxygen atoms in total. The highest BCUT2D eigenvalue weighted by Crippen LogP contribution is 2.33. The quantitative estimate of drug-likeness (QED) is 0.838. The van der Waals surface area contributed by atoms with Gasteiger partial charge in [0.2, 0.25) is 0 Å². The second kappa shape index (κ2) is 4.59. The van der Waals surface area contributed by atoms with Gasteiger partial charge in [-0.3, -0.25) is 0 Å². The van der Waals surface area contributed by atoms with Gasteiger partial charge in [-0.05, 0) is 24.3 Å². The van der Waals surface area contributed by atoms with Gasteiger partial charge < -0.3 is 5.32 Å². The molecule has 1 aromatic carbocycles. The van der Waals surface area contributed by atoms with Gasteiger partial charge in [-0.15, -0.1) is 0 Å². The largest absolute Gasteiger partial charge is 0.419 e. The van der Waals surface area contributed by atoms with E-state index in [9.17, 15) is 17.6 Å². The van der Waals surface area contributed by atoms with Crippen LogP contribution < -0.4 is 5.32 Å². The molecule has 0 spiro atoms. The standard InChI is InChI=1S/C11H7F4N3/c12-9-2-1-7(5-8(9)11(13,14)15)18-10-3-4-16-6-17-10/h1-6H,(H,16,17,18). The van der Waals surface area contributed by atoms with Crippen molar-refractivity contribution in [3.05, 3.63) is 48.2 Å². The Hall–Kier alpha value is -2.18. The van der Waals surface area contributed by atoms with Gasteiger partial charge in [0.05, 0.1) is 5.56 Å². The molecule has 7 heteroatoms. The number of hydrogen-bond donors (Lipinski definition) is 1. The van der Waals surface area contributed by atoms with Crippen LogP contribution in [-0.4, -0.2) is 9.97 Å². The molecule has 2 rings (SSSR count). The summed E-state index contributed by atoms with van der Waals surface area (Å²) in [5, 5.41) is 2.63. The lowest BCUT2D eigenvalue weighted by atomic mass is 10.2. The van der Waals surface area contributed by atoms with Gasteiger partial charge in [-0.1, -0.05) is 0 Å². The molecule has 0 saturated heterocycles. The Morgan fingerprint density at radius 1 is 1.11 bits per heavy atom. The predicted octanol–water partition coefficient (Wildman–Crippen LogP) is 3.38. The molecule has 0 fully saturated rings. The minimum Gasteiger partial charge on any atom is -0.340 e. The fraction of sp³-hybridized carbons (Fsp3) is 0.0909. The van der Waals surface area contributed by atoms with E-state index in [1.807, 2.05) is 0 Å². The van der Waals surface area contributed by atoms with Crippen molar-refractivity contribution in [1.82, 2.24) is 9.97 Å². The van der Waals surface area contributed by atoms with Gasteiger partial charge in [0.1, 0.15) is 18.0 Å². The number of halogens is 4. The van der Waals surface area contributed by atoms with Crippen molar-refractivity contribution in [2.75, 3.05) is 5.32 Å². The molecule has 0 saturated carbocycles. The van der Waals surface area contributed by atoms with Crippen LogP contribution in [0, 0.1) is 5.82 Å². The second-order valence-corrected chi connectivity index (χ2v) is 3.41. The fourth-order valence-electron chi connectivity index (χ4n) is 1.33. The summed E-state index contributed by atoms with van der Waals surface area (Å²) in [6.45, 7) is 0. The molecule has 1 N–H and O–H groups in total. The van der Waals surface area contributed by atoms with Gasteiger partial charge in [0.15, 0.2) is 0 Å². The van der Waals surface area contributed by atoms with Crippen molar-refractivity contribution >= 4 is 11.5 Å². The SMILES string of the molecule is Fc1ccc(Nc2ccncn2)cc1C(F)(F)F. The molecule has 0 atom stereocenters. The first-order valence-corrected chi connectivity index (χ1v) is 4.86. The number of hydrogen-bond acceptors (Lipinski definition) is 3. The third-order valence-electron chi connectivity index (χ3n) is 2.13. The number of benzene rings is 1. The van der Waals surface area contributed by atoms with Crippen LogP contribution in [0.3, 0.4) is 0 Å². The molecule has 0 aliphatic rings. The molecule has 2 aromatic rings. The van der Waals surface area contributed by atoms with Crippen molar-refractivity contribution in [2.24, 2.45) is 0 Å². The third kappa shape index (κ3) is 2.73. The minimum atomic E-state index is -4.73. The van der Waals surface area contributed by atoms with E-state index in [1.54, 1.807) is 0 Å². The first-order valence-electron chi connectivity index (χ1n) is 4.86. The average Bonchev–Trinajstić information content (AvgIpc) is 2.31. The monoisotopic (exact) mass is 257 g/mol. The van der Waals surface area contributed by atoms with Crippen molar-refractivity contribution in [2.45, 2.75) is 6.18 Å². The van der Waals surface area contributed by atoms with E-state index in [0.29, 0.717) is 11.9 Å². The van der Waals surface area contributed by atoms with E-state index in [2.05, 4.69) is 15.3 Å². The smallest absolute Gasteiger partial charge is 0.340 e. The van der Waals surface area contributed by atoms with Crippen LogP contribution in [0.25, 0.3) is 0 Å². The summed E-state index contributed by atoms with van der Waals surface area (Å²) < 4.78 is 50.5. The molecule has 0 radical (unpaired) electrons. The molecule has 0 unspecified atom stereocenters. The number of rotatable bonds is 2. The van der Waals surface area contributed by atoms with E-state index in [0.717, 1.165) is 6.07 Å². The first-order chi connectivity index (χ1) is 8.47. The van der Waals surface area contributed by atoms with E-state index >= 15 is 0 Å². The van der Waals surface area contributed by atoms with Gasteiger partial charge in [0, 0.05) is 11.9 Å². The van der Waals surface area contributed by atoms with Crippen molar-refractivity contribution < 1.29 is 17.6 Å². The number of alkyl halides is 3. The molecule has 94 valence electrons. The zero-order chi connectivity index (χ0) is 13.2. The van der Waals surface area contributed by atoms with Crippen molar-refractivity contribution in [3.63, 3.8) is 0 Å². The Morgan fingerprint density at radius 3 is 2.50 bits per heavy atom. The molecule has 1 heterocycles. The number of aromatic nitrogens is 2. The Bertz CT molecular complexity index is 540.